The second kappa shape index (κ2) is 5.31. The van der Waals surface area contributed by atoms with E-state index in [1.54, 1.807) is 0 Å². The minimum atomic E-state index is -0.958. The average molecular weight is 328 g/mol. The van der Waals surface area contributed by atoms with E-state index in [1.807, 2.05) is 0 Å². The van der Waals surface area contributed by atoms with Crippen LogP contribution in [0.4, 0.5) is 20.3 Å². The molecule has 1 aromatic heterocycles. The first kappa shape index (κ1) is 13.4. The summed E-state index contributed by atoms with van der Waals surface area (Å²) in [4.78, 5) is 15.6. The summed E-state index contributed by atoms with van der Waals surface area (Å²) < 4.78 is 27.3. The molecule has 0 fully saturated rings. The number of carbonyl (C=O) groups excluding carboxylic acids is 1. The minimum Gasteiger partial charge on any atom is -0.397 e. The van der Waals surface area contributed by atoms with Crippen LogP contribution in [0.3, 0.4) is 0 Å². The lowest BCUT2D eigenvalue weighted by Gasteiger charge is -2.07. The van der Waals surface area contributed by atoms with Gasteiger partial charge in [-0.3, -0.25) is 4.79 Å². The number of benzene rings is 1. The van der Waals surface area contributed by atoms with Gasteiger partial charge in [0.1, 0.15) is 23.0 Å². The van der Waals surface area contributed by atoms with Gasteiger partial charge in [0.2, 0.25) is 0 Å². The molecule has 0 aliphatic heterocycles. The van der Waals surface area contributed by atoms with Gasteiger partial charge in [0.05, 0.1) is 11.9 Å². The average Bonchev–Trinajstić information content (AvgIpc) is 2.30. The van der Waals surface area contributed by atoms with Gasteiger partial charge in [-0.1, -0.05) is 15.9 Å². The van der Waals surface area contributed by atoms with Gasteiger partial charge in [0, 0.05) is 4.47 Å². The van der Waals surface area contributed by atoms with Crippen LogP contribution in [-0.2, 0) is 0 Å². The molecule has 4 nitrogen and oxygen atoms in total. The molecule has 19 heavy (non-hydrogen) atoms. The van der Waals surface area contributed by atoms with E-state index in [0.29, 0.717) is 5.69 Å². The van der Waals surface area contributed by atoms with Gasteiger partial charge in [-0.15, -0.1) is 0 Å². The van der Waals surface area contributed by atoms with Gasteiger partial charge in [0.25, 0.3) is 5.91 Å². The van der Waals surface area contributed by atoms with Crippen LogP contribution in [0.15, 0.2) is 34.9 Å². The van der Waals surface area contributed by atoms with Crippen LogP contribution < -0.4 is 11.1 Å². The Kier molecular flexibility index (Phi) is 3.75. The zero-order chi connectivity index (χ0) is 14.0. The second-order valence-corrected chi connectivity index (χ2v) is 4.59. The maximum absolute atomic E-state index is 13.6. The summed E-state index contributed by atoms with van der Waals surface area (Å²) in [7, 11) is 0. The molecule has 98 valence electrons. The Morgan fingerprint density at radius 3 is 2.42 bits per heavy atom. The summed E-state index contributed by atoms with van der Waals surface area (Å²) in [5.74, 6) is -2.68. The van der Waals surface area contributed by atoms with Gasteiger partial charge in [-0.2, -0.15) is 0 Å². The second-order valence-electron chi connectivity index (χ2n) is 3.68. The number of halogens is 3. The maximum atomic E-state index is 13.6. The van der Waals surface area contributed by atoms with E-state index in [-0.39, 0.29) is 10.3 Å². The minimum absolute atomic E-state index is 0.154. The first-order valence-electron chi connectivity index (χ1n) is 5.15. The number of hydrogen-bond acceptors (Lipinski definition) is 3. The Morgan fingerprint density at radius 2 is 1.89 bits per heavy atom. The normalized spacial score (nSPS) is 10.3. The highest BCUT2D eigenvalue weighted by Gasteiger charge is 2.18. The number of rotatable bonds is 2. The Hall–Kier alpha value is -2.02. The maximum Gasteiger partial charge on any atom is 0.262 e. The molecule has 2 aromatic rings. The van der Waals surface area contributed by atoms with Gasteiger partial charge in [-0.25, -0.2) is 13.8 Å². The number of aromatic nitrogens is 1. The van der Waals surface area contributed by atoms with Crippen LogP contribution in [0.2, 0.25) is 0 Å². The van der Waals surface area contributed by atoms with E-state index in [1.165, 1.54) is 18.3 Å². The number of hydrogen-bond donors (Lipinski definition) is 2. The number of nitrogens with two attached hydrogens (primary N) is 1. The number of nitrogen functional groups attached to an aromatic ring is 1. The lowest BCUT2D eigenvalue weighted by Crippen LogP contribution is -2.16. The van der Waals surface area contributed by atoms with Gasteiger partial charge in [0.15, 0.2) is 0 Å². The summed E-state index contributed by atoms with van der Waals surface area (Å²) in [5.41, 5.74) is 5.18. The fourth-order valence-corrected chi connectivity index (χ4v) is 1.82. The molecule has 0 atom stereocenters. The van der Waals surface area contributed by atoms with Crippen molar-refractivity contribution in [1.82, 2.24) is 4.98 Å². The smallest absolute Gasteiger partial charge is 0.262 e. The number of nitrogens with zero attached hydrogens (tertiary/aromatic N) is 1. The Labute approximate surface area is 115 Å². The third kappa shape index (κ3) is 3.05. The highest BCUT2D eigenvalue weighted by atomic mass is 79.9. The van der Waals surface area contributed by atoms with E-state index < -0.39 is 23.1 Å². The molecular formula is C12H8BrF2N3O. The molecular weight excluding hydrogens is 320 g/mol. The molecule has 0 aliphatic carbocycles. The van der Waals surface area contributed by atoms with Crippen molar-refractivity contribution in [2.75, 3.05) is 11.1 Å². The predicted octanol–water partition coefficient (Wildman–Crippen LogP) is 2.96. The van der Waals surface area contributed by atoms with Gasteiger partial charge in [-0.05, 0) is 24.3 Å². The van der Waals surface area contributed by atoms with Crippen molar-refractivity contribution in [3.8, 4) is 0 Å². The van der Waals surface area contributed by atoms with Gasteiger partial charge < -0.3 is 11.1 Å². The van der Waals surface area contributed by atoms with E-state index in [9.17, 15) is 13.6 Å². The summed E-state index contributed by atoms with van der Waals surface area (Å²) >= 11 is 2.93. The molecule has 1 heterocycles. The molecule has 1 amide bonds. The molecule has 7 heteroatoms. The van der Waals surface area contributed by atoms with E-state index in [4.69, 9.17) is 5.73 Å². The first-order valence-corrected chi connectivity index (χ1v) is 5.94. The topological polar surface area (TPSA) is 68.0 Å². The van der Waals surface area contributed by atoms with Crippen molar-refractivity contribution in [2.45, 2.75) is 0 Å². The van der Waals surface area contributed by atoms with Crippen molar-refractivity contribution < 1.29 is 13.6 Å². The highest BCUT2D eigenvalue weighted by Crippen LogP contribution is 2.20. The molecule has 2 rings (SSSR count). The zero-order valence-corrected chi connectivity index (χ0v) is 11.0. The first-order chi connectivity index (χ1) is 8.97. The third-order valence-corrected chi connectivity index (χ3v) is 2.72. The van der Waals surface area contributed by atoms with Crippen molar-refractivity contribution in [3.63, 3.8) is 0 Å². The standard InChI is InChI=1S/C12H8BrF2N3O/c13-6-3-8(14)11(9(15)4-6)12(19)18-10-2-1-7(16)5-17-10/h1-5H,16H2,(H,17,18,19). The number of amides is 1. The van der Waals surface area contributed by atoms with E-state index in [2.05, 4.69) is 26.2 Å². The lowest BCUT2D eigenvalue weighted by atomic mass is 10.2. The highest BCUT2D eigenvalue weighted by molar-refractivity contribution is 9.10. The predicted molar refractivity (Wildman–Crippen MR) is 70.7 cm³/mol. The van der Waals surface area contributed by atoms with Gasteiger partial charge >= 0.3 is 0 Å². The van der Waals surface area contributed by atoms with Crippen LogP contribution in [0.1, 0.15) is 10.4 Å². The lowest BCUT2D eigenvalue weighted by molar-refractivity contribution is 0.101. The molecule has 0 unspecified atom stereocenters. The monoisotopic (exact) mass is 327 g/mol. The summed E-state index contributed by atoms with van der Waals surface area (Å²) in [6, 6.07) is 4.96. The molecule has 3 N–H and O–H groups in total. The Bertz CT molecular complexity index is 608. The van der Waals surface area contributed by atoms with Crippen molar-refractivity contribution >= 4 is 33.3 Å². The molecule has 0 saturated heterocycles. The number of anilines is 2. The van der Waals surface area contributed by atoms with Crippen molar-refractivity contribution in [2.24, 2.45) is 0 Å². The van der Waals surface area contributed by atoms with E-state index in [0.717, 1.165) is 12.1 Å². The summed E-state index contributed by atoms with van der Waals surface area (Å²) in [6.45, 7) is 0. The summed E-state index contributed by atoms with van der Waals surface area (Å²) in [5, 5.41) is 2.29. The van der Waals surface area contributed by atoms with Crippen LogP contribution in [-0.4, -0.2) is 10.9 Å². The Morgan fingerprint density at radius 1 is 1.26 bits per heavy atom. The molecule has 1 aromatic carbocycles. The number of nitrogens with one attached hydrogen (secondary N) is 1. The van der Waals surface area contributed by atoms with Crippen molar-refractivity contribution in [3.05, 3.63) is 52.1 Å². The molecule has 0 radical (unpaired) electrons. The fraction of sp³-hybridized carbons (Fsp3) is 0. The molecule has 0 saturated carbocycles. The van der Waals surface area contributed by atoms with E-state index >= 15 is 0 Å². The largest absolute Gasteiger partial charge is 0.397 e. The Balaban J connectivity index is 2.28. The quantitative estimate of drug-likeness (QED) is 0.891. The molecule has 0 bridgehead atoms. The van der Waals surface area contributed by atoms with Crippen LogP contribution in [0.25, 0.3) is 0 Å². The number of carbonyl (C=O) groups is 1. The van der Waals surface area contributed by atoms with Crippen LogP contribution in [0.5, 0.6) is 0 Å². The zero-order valence-electron chi connectivity index (χ0n) is 9.45. The van der Waals surface area contributed by atoms with Crippen molar-refractivity contribution in [1.29, 1.82) is 0 Å². The van der Waals surface area contributed by atoms with Crippen LogP contribution in [0, 0.1) is 11.6 Å². The summed E-state index contributed by atoms with van der Waals surface area (Å²) in [6.07, 6.45) is 1.32. The SMILES string of the molecule is Nc1ccc(NC(=O)c2c(F)cc(Br)cc2F)nc1. The molecule has 0 aliphatic rings. The van der Waals surface area contributed by atoms with Crippen LogP contribution >= 0.6 is 15.9 Å². The third-order valence-electron chi connectivity index (χ3n) is 2.26. The number of pyridine rings is 1. The molecule has 0 spiro atoms. The fourth-order valence-electron chi connectivity index (χ4n) is 1.42.